The van der Waals surface area contributed by atoms with Gasteiger partial charge in [0, 0.05) is 29.5 Å². The van der Waals surface area contributed by atoms with E-state index in [2.05, 4.69) is 191 Å². The second kappa shape index (κ2) is 19.2. The summed E-state index contributed by atoms with van der Waals surface area (Å²) in [6.07, 6.45) is 39.6. The average Bonchev–Trinajstić information content (AvgIpc) is 3.60. The molecule has 0 N–H and O–H groups in total. The summed E-state index contributed by atoms with van der Waals surface area (Å²) in [6, 6.07) is 0.358. The van der Waals surface area contributed by atoms with E-state index >= 15 is 0 Å². The summed E-state index contributed by atoms with van der Waals surface area (Å²) in [5.41, 5.74) is 9.33. The van der Waals surface area contributed by atoms with Crippen molar-refractivity contribution in [3.8, 4) is 0 Å². The molecule has 0 fully saturated rings. The van der Waals surface area contributed by atoms with Gasteiger partial charge in [-0.3, -0.25) is 0 Å². The lowest BCUT2D eigenvalue weighted by atomic mass is 9.36. The number of anilines is 1. The summed E-state index contributed by atoms with van der Waals surface area (Å²) in [4.78, 5) is 6.82. The normalized spacial score (nSPS) is 21.3. The SMILES string of the molecule is C=CCC(C=C)/C=C/CC(C)(C)CCC(C)(C)C/C=C/N1C=C2CN(C3C=CC(C(C)CCC(C)C)=CC3)c3sc4c(c3B2C=C1/C=C\C(=C)C)C(C)(C)CCC4(C)C. The fourth-order valence-corrected chi connectivity index (χ4v) is 11.1. The van der Waals surface area contributed by atoms with Crippen molar-refractivity contribution in [2.75, 3.05) is 11.4 Å². The fraction of sp³-hybridized carbons (Fsp3) is 0.564. The van der Waals surface area contributed by atoms with Crippen molar-refractivity contribution in [1.29, 1.82) is 0 Å². The molecule has 1 aromatic heterocycles. The Morgan fingerprint density at radius 3 is 2.27 bits per heavy atom. The molecule has 0 saturated heterocycles. The Hall–Kier alpha value is -3.24. The standard InChI is InChI=1S/C55H81BN2S/c1-16-20-43(17-2)21-18-30-52(8,9)32-33-53(10,11)31-19-36-57-38-45-39-58(46-28-25-44(26-29-46)42(7)24-22-40(3)4)51-49(56(45)37-47(57)27-23-41(5)6)48-50(59-51)55(14,15)35-34-54(48,12)13/h16-19,21,23,25-28,36-38,40,42-43,46H,1-2,5,20,22,24,29-35,39H2,3-4,6-15H3/b21-18+,27-23-,36-19+. The number of rotatable bonds is 19. The van der Waals surface area contributed by atoms with Gasteiger partial charge in [-0.05, 0) is 127 Å². The molecular weight excluding hydrogens is 731 g/mol. The number of thiophene rings is 1. The Morgan fingerprint density at radius 2 is 1.66 bits per heavy atom. The molecule has 59 heavy (non-hydrogen) atoms. The van der Waals surface area contributed by atoms with Crippen molar-refractivity contribution in [1.82, 2.24) is 4.90 Å². The zero-order valence-corrected chi connectivity index (χ0v) is 40.4. The second-order valence-corrected chi connectivity index (χ2v) is 23.0. The van der Waals surface area contributed by atoms with E-state index in [1.807, 2.05) is 12.2 Å². The van der Waals surface area contributed by atoms with Crippen molar-refractivity contribution in [3.05, 3.63) is 132 Å². The minimum Gasteiger partial charge on any atom is -0.354 e. The molecule has 5 rings (SSSR count). The lowest BCUT2D eigenvalue weighted by Crippen LogP contribution is -2.53. The largest absolute Gasteiger partial charge is 0.354 e. The van der Waals surface area contributed by atoms with Crippen molar-refractivity contribution < 1.29 is 0 Å². The van der Waals surface area contributed by atoms with Crippen LogP contribution in [0.1, 0.15) is 158 Å². The van der Waals surface area contributed by atoms with Gasteiger partial charge in [0.05, 0.1) is 11.0 Å². The van der Waals surface area contributed by atoms with Crippen LogP contribution in [0.2, 0.25) is 0 Å². The molecule has 0 saturated carbocycles. The van der Waals surface area contributed by atoms with E-state index in [0.29, 0.717) is 17.9 Å². The Morgan fingerprint density at radius 1 is 0.983 bits per heavy atom. The van der Waals surface area contributed by atoms with Crippen LogP contribution in [-0.2, 0) is 10.8 Å². The van der Waals surface area contributed by atoms with E-state index in [1.54, 1.807) is 15.9 Å². The summed E-state index contributed by atoms with van der Waals surface area (Å²) in [6.45, 7) is 42.3. The Labute approximate surface area is 367 Å². The van der Waals surface area contributed by atoms with Gasteiger partial charge in [-0.1, -0.05) is 161 Å². The Bertz CT molecular complexity index is 1900. The minimum absolute atomic E-state index is 0.138. The summed E-state index contributed by atoms with van der Waals surface area (Å²) >= 11 is 2.12. The van der Waals surface area contributed by atoms with Crippen LogP contribution in [0.4, 0.5) is 5.00 Å². The van der Waals surface area contributed by atoms with Crippen molar-refractivity contribution in [2.24, 2.45) is 28.6 Å². The first-order valence-corrected chi connectivity index (χ1v) is 23.9. The minimum atomic E-state index is 0.138. The molecular formula is C55H81BN2S. The first-order chi connectivity index (χ1) is 27.7. The predicted octanol–water partition coefficient (Wildman–Crippen LogP) is 15.3. The summed E-state index contributed by atoms with van der Waals surface area (Å²) in [5, 5.41) is 1.51. The molecule has 3 unspecified atom stereocenters. The van der Waals surface area contributed by atoms with E-state index in [4.69, 9.17) is 0 Å². The first-order valence-electron chi connectivity index (χ1n) is 23.1. The Kier molecular flexibility index (Phi) is 15.3. The van der Waals surface area contributed by atoms with Crippen LogP contribution in [-0.4, -0.2) is 24.2 Å². The van der Waals surface area contributed by atoms with Crippen molar-refractivity contribution in [3.63, 3.8) is 0 Å². The predicted molar refractivity (Wildman–Crippen MR) is 266 cm³/mol. The lowest BCUT2D eigenvalue weighted by molar-refractivity contribution is 0.242. The third kappa shape index (κ3) is 11.8. The van der Waals surface area contributed by atoms with Gasteiger partial charge >= 0.3 is 0 Å². The van der Waals surface area contributed by atoms with Gasteiger partial charge < -0.3 is 9.80 Å². The molecule has 0 radical (unpaired) electrons. The maximum atomic E-state index is 4.24. The highest BCUT2D eigenvalue weighted by molar-refractivity contribution is 7.19. The quantitative estimate of drug-likeness (QED) is 0.0780. The van der Waals surface area contributed by atoms with E-state index in [0.717, 1.165) is 43.7 Å². The van der Waals surface area contributed by atoms with Crippen LogP contribution in [0.25, 0.3) is 0 Å². The number of fused-ring (bicyclic) bond motifs is 5. The van der Waals surface area contributed by atoms with Crippen LogP contribution < -0.4 is 10.4 Å². The molecule has 4 heteroatoms. The molecule has 320 valence electrons. The zero-order chi connectivity index (χ0) is 43.3. The monoisotopic (exact) mass is 813 g/mol. The second-order valence-electron chi connectivity index (χ2n) is 22.0. The lowest BCUT2D eigenvalue weighted by Gasteiger charge is -2.43. The third-order valence-corrected chi connectivity index (χ3v) is 15.5. The van der Waals surface area contributed by atoms with Crippen LogP contribution in [0.3, 0.4) is 0 Å². The molecule has 1 aromatic rings. The molecule has 2 nitrogen and oxygen atoms in total. The summed E-state index contributed by atoms with van der Waals surface area (Å²) in [5.74, 6) is 4.32. The van der Waals surface area contributed by atoms with E-state index < -0.39 is 0 Å². The summed E-state index contributed by atoms with van der Waals surface area (Å²) in [7, 11) is 0. The molecule has 0 spiro atoms. The number of hydrogen-bond acceptors (Lipinski definition) is 3. The van der Waals surface area contributed by atoms with Crippen LogP contribution in [0, 0.1) is 28.6 Å². The fourth-order valence-electron chi connectivity index (χ4n) is 9.43. The molecule has 3 atom stereocenters. The zero-order valence-electron chi connectivity index (χ0n) is 39.6. The molecule has 4 aliphatic rings. The first kappa shape index (κ1) is 46.8. The molecule has 0 bridgehead atoms. The third-order valence-electron chi connectivity index (χ3n) is 13.9. The van der Waals surface area contributed by atoms with Gasteiger partial charge in [-0.2, -0.15) is 0 Å². The van der Waals surface area contributed by atoms with Crippen LogP contribution >= 0.6 is 11.3 Å². The van der Waals surface area contributed by atoms with Gasteiger partial charge in [0.25, 0.3) is 0 Å². The van der Waals surface area contributed by atoms with E-state index in [-0.39, 0.29) is 28.4 Å². The molecule has 2 aliphatic carbocycles. The van der Waals surface area contributed by atoms with Gasteiger partial charge in [-0.25, -0.2) is 0 Å². The Balaban J connectivity index is 1.44. The van der Waals surface area contributed by atoms with Crippen molar-refractivity contribution >= 4 is 28.5 Å². The smallest absolute Gasteiger partial charge is 0.239 e. The highest BCUT2D eigenvalue weighted by Gasteiger charge is 2.48. The number of allylic oxidation sites excluding steroid dienone is 10. The summed E-state index contributed by atoms with van der Waals surface area (Å²) < 4.78 is 0. The highest BCUT2D eigenvalue weighted by atomic mass is 32.1. The van der Waals surface area contributed by atoms with Gasteiger partial charge in [0.2, 0.25) is 6.71 Å². The van der Waals surface area contributed by atoms with E-state index in [9.17, 15) is 0 Å². The maximum absolute atomic E-state index is 4.24. The molecule has 0 amide bonds. The van der Waals surface area contributed by atoms with Gasteiger partial charge in [0.15, 0.2) is 0 Å². The van der Waals surface area contributed by atoms with Gasteiger partial charge in [0.1, 0.15) is 0 Å². The van der Waals surface area contributed by atoms with Crippen LogP contribution in [0.15, 0.2) is 121 Å². The highest BCUT2D eigenvalue weighted by Crippen LogP contribution is 2.52. The average molecular weight is 813 g/mol. The maximum Gasteiger partial charge on any atom is 0.239 e. The molecule has 2 aliphatic heterocycles. The topological polar surface area (TPSA) is 6.48 Å². The van der Waals surface area contributed by atoms with Crippen LogP contribution in [0.5, 0.6) is 0 Å². The van der Waals surface area contributed by atoms with Gasteiger partial charge in [-0.15, -0.1) is 24.5 Å². The number of hydrogen-bond donors (Lipinski definition) is 0. The number of nitrogens with zero attached hydrogens (tertiary/aromatic N) is 2. The molecule has 0 aromatic carbocycles. The van der Waals surface area contributed by atoms with Crippen molar-refractivity contribution in [2.45, 2.75) is 164 Å². The molecule has 3 heterocycles. The van der Waals surface area contributed by atoms with E-state index in [1.165, 1.54) is 60.3 Å².